The number of nitrogens with two attached hydrogens (primary N) is 1. The van der Waals surface area contributed by atoms with E-state index in [2.05, 4.69) is 20.9 Å². The second-order valence-corrected chi connectivity index (χ2v) is 5.15. The summed E-state index contributed by atoms with van der Waals surface area (Å²) in [4.78, 5) is 4.20. The number of aromatic nitrogens is 1. The molecule has 1 atom stereocenters. The number of benzene rings is 1. The molecule has 0 aliphatic carbocycles. The number of pyridine rings is 1. The van der Waals surface area contributed by atoms with Gasteiger partial charge in [-0.2, -0.15) is 0 Å². The van der Waals surface area contributed by atoms with Gasteiger partial charge < -0.3 is 10.5 Å². The Labute approximate surface area is 119 Å². The van der Waals surface area contributed by atoms with Gasteiger partial charge in [-0.1, -0.05) is 17.7 Å². The van der Waals surface area contributed by atoms with Crippen LogP contribution in [-0.2, 0) is 0 Å². The van der Waals surface area contributed by atoms with E-state index in [1.165, 1.54) is 0 Å². The summed E-state index contributed by atoms with van der Waals surface area (Å²) in [5.74, 6) is 1.16. The van der Waals surface area contributed by atoms with Gasteiger partial charge in [0.25, 0.3) is 0 Å². The second-order valence-electron chi connectivity index (χ2n) is 3.86. The molecule has 0 saturated carbocycles. The molecule has 0 amide bonds. The van der Waals surface area contributed by atoms with Crippen LogP contribution in [0.15, 0.2) is 41.0 Å². The van der Waals surface area contributed by atoms with Gasteiger partial charge in [0.05, 0.1) is 4.47 Å². The maximum Gasteiger partial charge on any atom is 0.224 e. The van der Waals surface area contributed by atoms with E-state index in [0.717, 1.165) is 10.0 Å². The van der Waals surface area contributed by atoms with E-state index in [1.54, 1.807) is 24.4 Å². The molecule has 2 aromatic rings. The molecule has 0 spiro atoms. The lowest BCUT2D eigenvalue weighted by molar-refractivity contribution is 0.449. The highest BCUT2D eigenvalue weighted by molar-refractivity contribution is 9.10. The summed E-state index contributed by atoms with van der Waals surface area (Å²) in [5, 5.41) is 0.641. The number of hydrogen-bond donors (Lipinski definition) is 1. The molecular formula is C13H12BrClN2O. The van der Waals surface area contributed by atoms with Crippen molar-refractivity contribution in [1.82, 2.24) is 4.98 Å². The fourth-order valence-electron chi connectivity index (χ4n) is 1.50. The maximum atomic E-state index is 5.88. The third kappa shape index (κ3) is 3.02. The van der Waals surface area contributed by atoms with Crippen molar-refractivity contribution in [3.63, 3.8) is 0 Å². The van der Waals surface area contributed by atoms with Crippen LogP contribution < -0.4 is 10.5 Å². The summed E-state index contributed by atoms with van der Waals surface area (Å²) < 4.78 is 6.53. The molecule has 0 radical (unpaired) electrons. The SMILES string of the molecule is C[C@H](N)c1cccnc1Oc1ccc(Cl)cc1Br. The average molecular weight is 328 g/mol. The first kappa shape index (κ1) is 13.3. The largest absolute Gasteiger partial charge is 0.437 e. The molecule has 2 rings (SSSR count). The van der Waals surface area contributed by atoms with Crippen LogP contribution in [0.3, 0.4) is 0 Å². The van der Waals surface area contributed by atoms with E-state index < -0.39 is 0 Å². The van der Waals surface area contributed by atoms with E-state index in [9.17, 15) is 0 Å². The van der Waals surface area contributed by atoms with Crippen molar-refractivity contribution >= 4 is 27.5 Å². The minimum Gasteiger partial charge on any atom is -0.437 e. The smallest absolute Gasteiger partial charge is 0.224 e. The molecular weight excluding hydrogens is 316 g/mol. The van der Waals surface area contributed by atoms with Gasteiger partial charge in [-0.15, -0.1) is 0 Å². The average Bonchev–Trinajstić information content (AvgIpc) is 2.33. The number of halogens is 2. The minimum atomic E-state index is -0.139. The van der Waals surface area contributed by atoms with Crippen LogP contribution >= 0.6 is 27.5 Å². The number of nitrogens with zero attached hydrogens (tertiary/aromatic N) is 1. The van der Waals surface area contributed by atoms with Crippen LogP contribution in [0.4, 0.5) is 0 Å². The van der Waals surface area contributed by atoms with E-state index in [-0.39, 0.29) is 6.04 Å². The van der Waals surface area contributed by atoms with Gasteiger partial charge in [0.1, 0.15) is 5.75 Å². The fourth-order valence-corrected chi connectivity index (χ4v) is 2.26. The molecule has 5 heteroatoms. The number of rotatable bonds is 3. The van der Waals surface area contributed by atoms with Crippen molar-refractivity contribution < 1.29 is 4.74 Å². The molecule has 2 N–H and O–H groups in total. The van der Waals surface area contributed by atoms with E-state index in [0.29, 0.717) is 16.7 Å². The highest BCUT2D eigenvalue weighted by Gasteiger charge is 2.11. The van der Waals surface area contributed by atoms with Gasteiger partial charge in [-0.05, 0) is 47.1 Å². The quantitative estimate of drug-likeness (QED) is 0.914. The van der Waals surface area contributed by atoms with Crippen LogP contribution in [0.25, 0.3) is 0 Å². The predicted octanol–water partition coefficient (Wildman–Crippen LogP) is 4.31. The molecule has 0 fully saturated rings. The Hall–Kier alpha value is -1.10. The molecule has 1 aromatic carbocycles. The summed E-state index contributed by atoms with van der Waals surface area (Å²) in [6, 6.07) is 8.91. The van der Waals surface area contributed by atoms with E-state index in [1.807, 2.05) is 19.1 Å². The summed E-state index contributed by atoms with van der Waals surface area (Å²) in [6.07, 6.45) is 1.67. The third-order valence-electron chi connectivity index (χ3n) is 2.39. The zero-order valence-electron chi connectivity index (χ0n) is 9.73. The molecule has 0 bridgehead atoms. The Kier molecular flexibility index (Phi) is 4.22. The normalized spacial score (nSPS) is 12.2. The monoisotopic (exact) mass is 326 g/mol. The van der Waals surface area contributed by atoms with Crippen LogP contribution in [-0.4, -0.2) is 4.98 Å². The van der Waals surface area contributed by atoms with Gasteiger partial charge >= 0.3 is 0 Å². The third-order valence-corrected chi connectivity index (χ3v) is 3.25. The molecule has 18 heavy (non-hydrogen) atoms. The first-order chi connectivity index (χ1) is 8.58. The van der Waals surface area contributed by atoms with Crippen molar-refractivity contribution in [3.05, 3.63) is 51.6 Å². The molecule has 1 aromatic heterocycles. The van der Waals surface area contributed by atoms with Gasteiger partial charge in [-0.3, -0.25) is 0 Å². The molecule has 0 aliphatic heterocycles. The maximum absolute atomic E-state index is 5.88. The summed E-state index contributed by atoms with van der Waals surface area (Å²) in [5.41, 5.74) is 6.74. The van der Waals surface area contributed by atoms with Crippen molar-refractivity contribution in [1.29, 1.82) is 0 Å². The van der Waals surface area contributed by atoms with Gasteiger partial charge in [-0.25, -0.2) is 4.98 Å². The topological polar surface area (TPSA) is 48.1 Å². The lowest BCUT2D eigenvalue weighted by Gasteiger charge is -2.13. The Morgan fingerprint density at radius 2 is 2.17 bits per heavy atom. The molecule has 0 aliphatic rings. The molecule has 3 nitrogen and oxygen atoms in total. The van der Waals surface area contributed by atoms with Gasteiger partial charge in [0.15, 0.2) is 0 Å². The molecule has 0 unspecified atom stereocenters. The summed E-state index contributed by atoms with van der Waals surface area (Å²) >= 11 is 9.28. The van der Waals surface area contributed by atoms with Crippen LogP contribution in [0, 0.1) is 0 Å². The predicted molar refractivity (Wildman–Crippen MR) is 76.1 cm³/mol. The zero-order valence-corrected chi connectivity index (χ0v) is 12.1. The first-order valence-electron chi connectivity index (χ1n) is 5.41. The molecule has 94 valence electrons. The first-order valence-corrected chi connectivity index (χ1v) is 6.58. The number of ether oxygens (including phenoxy) is 1. The Morgan fingerprint density at radius 1 is 1.39 bits per heavy atom. The standard InChI is InChI=1S/C13H12BrClN2O/c1-8(16)10-3-2-6-17-13(10)18-12-5-4-9(15)7-11(12)14/h2-8H,16H2,1H3/t8-/m0/s1. The van der Waals surface area contributed by atoms with Crippen molar-refractivity contribution in [2.45, 2.75) is 13.0 Å². The van der Waals surface area contributed by atoms with Crippen LogP contribution in [0.1, 0.15) is 18.5 Å². The van der Waals surface area contributed by atoms with Gasteiger partial charge in [0.2, 0.25) is 5.88 Å². The molecule has 0 saturated heterocycles. The Morgan fingerprint density at radius 3 is 2.83 bits per heavy atom. The Balaban J connectivity index is 2.34. The zero-order chi connectivity index (χ0) is 13.1. The van der Waals surface area contributed by atoms with E-state index in [4.69, 9.17) is 22.1 Å². The van der Waals surface area contributed by atoms with Crippen LogP contribution in [0.2, 0.25) is 5.02 Å². The van der Waals surface area contributed by atoms with E-state index >= 15 is 0 Å². The molecule has 1 heterocycles. The van der Waals surface area contributed by atoms with Crippen molar-refractivity contribution in [2.75, 3.05) is 0 Å². The fraction of sp³-hybridized carbons (Fsp3) is 0.154. The highest BCUT2D eigenvalue weighted by atomic mass is 79.9. The van der Waals surface area contributed by atoms with Crippen molar-refractivity contribution in [3.8, 4) is 11.6 Å². The lowest BCUT2D eigenvalue weighted by atomic mass is 10.1. The Bertz CT molecular complexity index is 560. The summed E-state index contributed by atoms with van der Waals surface area (Å²) in [7, 11) is 0. The minimum absolute atomic E-state index is 0.139. The van der Waals surface area contributed by atoms with Crippen LogP contribution in [0.5, 0.6) is 11.6 Å². The highest BCUT2D eigenvalue weighted by Crippen LogP contribution is 2.33. The lowest BCUT2D eigenvalue weighted by Crippen LogP contribution is -2.07. The second kappa shape index (κ2) is 5.69. The van der Waals surface area contributed by atoms with Crippen molar-refractivity contribution in [2.24, 2.45) is 5.73 Å². The number of hydrogen-bond acceptors (Lipinski definition) is 3. The van der Waals surface area contributed by atoms with Gasteiger partial charge in [0, 0.05) is 22.8 Å². The summed E-state index contributed by atoms with van der Waals surface area (Å²) in [6.45, 7) is 1.89.